The third-order valence-electron chi connectivity index (χ3n) is 6.73. The van der Waals surface area contributed by atoms with Gasteiger partial charge in [0.25, 0.3) is 0 Å². The second-order valence-electron chi connectivity index (χ2n) is 8.33. The number of hydrogen-bond acceptors (Lipinski definition) is 4. The summed E-state index contributed by atoms with van der Waals surface area (Å²) in [5.41, 5.74) is 2.41. The highest BCUT2D eigenvalue weighted by atomic mass is 32.2. The molecule has 1 N–H and O–H groups in total. The van der Waals surface area contributed by atoms with Crippen molar-refractivity contribution in [3.8, 4) is 5.75 Å². The van der Waals surface area contributed by atoms with Crippen LogP contribution in [0.4, 0.5) is 0 Å². The van der Waals surface area contributed by atoms with Crippen molar-refractivity contribution in [1.29, 1.82) is 0 Å². The van der Waals surface area contributed by atoms with Crippen LogP contribution in [0.1, 0.15) is 44.1 Å². The monoisotopic (exact) mass is 433 g/mol. The van der Waals surface area contributed by atoms with Gasteiger partial charge in [0.15, 0.2) is 0 Å². The van der Waals surface area contributed by atoms with Gasteiger partial charge >= 0.3 is 0 Å². The highest BCUT2D eigenvalue weighted by Gasteiger charge is 2.34. The van der Waals surface area contributed by atoms with E-state index in [1.165, 1.54) is 15.3 Å². The first-order chi connectivity index (χ1) is 14.4. The predicted octanol–water partition coefficient (Wildman–Crippen LogP) is 2.94. The van der Waals surface area contributed by atoms with Gasteiger partial charge in [-0.15, -0.1) is 0 Å². The number of aromatic nitrogens is 1. The number of benzene rings is 1. The second kappa shape index (κ2) is 8.59. The third kappa shape index (κ3) is 4.07. The fraction of sp³-hybridized carbons (Fsp3) is 0.591. The standard InChI is InChI=1S/C22H31N3O4S/c1-3-30(27,28)25-12-8-17(9-13-25)22(26)24-10-6-16(7-11-24)20-15-23-21-5-4-18(29-2)14-19(20)21/h4-5,14-17,23H,3,6-13H2,1-2H3. The molecule has 2 aliphatic rings. The lowest BCUT2D eigenvalue weighted by Gasteiger charge is -2.37. The van der Waals surface area contributed by atoms with E-state index in [1.54, 1.807) is 14.0 Å². The Kier molecular flexibility index (Phi) is 6.06. The molecule has 2 saturated heterocycles. The zero-order valence-corrected chi connectivity index (χ0v) is 18.6. The van der Waals surface area contributed by atoms with Crippen LogP contribution in [0.3, 0.4) is 0 Å². The number of H-pyrrole nitrogens is 1. The first kappa shape index (κ1) is 21.2. The summed E-state index contributed by atoms with van der Waals surface area (Å²) in [5.74, 6) is 1.54. The molecule has 1 aromatic heterocycles. The number of sulfonamides is 1. The summed E-state index contributed by atoms with van der Waals surface area (Å²) >= 11 is 0. The molecule has 1 amide bonds. The molecule has 2 aliphatic heterocycles. The number of piperidine rings is 2. The van der Waals surface area contributed by atoms with E-state index < -0.39 is 10.0 Å². The molecule has 0 radical (unpaired) electrons. The van der Waals surface area contributed by atoms with Crippen LogP contribution in [0.5, 0.6) is 5.75 Å². The van der Waals surface area contributed by atoms with Crippen LogP contribution in [-0.2, 0) is 14.8 Å². The van der Waals surface area contributed by atoms with Crippen molar-refractivity contribution in [2.75, 3.05) is 39.0 Å². The van der Waals surface area contributed by atoms with Gasteiger partial charge in [-0.2, -0.15) is 0 Å². The highest BCUT2D eigenvalue weighted by molar-refractivity contribution is 7.89. The minimum absolute atomic E-state index is 0.0535. The van der Waals surface area contributed by atoms with Crippen LogP contribution in [0.25, 0.3) is 10.9 Å². The largest absolute Gasteiger partial charge is 0.497 e. The van der Waals surface area contributed by atoms with Crippen LogP contribution in [0.2, 0.25) is 0 Å². The van der Waals surface area contributed by atoms with E-state index in [1.807, 2.05) is 17.0 Å². The number of nitrogens with zero attached hydrogens (tertiary/aromatic N) is 2. The average Bonchev–Trinajstić information content (AvgIpc) is 3.22. The second-order valence-corrected chi connectivity index (χ2v) is 10.6. The van der Waals surface area contributed by atoms with Gasteiger partial charge in [-0.05, 0) is 62.3 Å². The van der Waals surface area contributed by atoms with Crippen LogP contribution < -0.4 is 4.74 Å². The molecule has 0 aliphatic carbocycles. The quantitative estimate of drug-likeness (QED) is 0.786. The molecule has 1 aromatic carbocycles. The Morgan fingerprint density at radius 1 is 1.13 bits per heavy atom. The maximum Gasteiger partial charge on any atom is 0.225 e. The first-order valence-corrected chi connectivity index (χ1v) is 12.5. The van der Waals surface area contributed by atoms with Crippen LogP contribution in [0.15, 0.2) is 24.4 Å². The topological polar surface area (TPSA) is 82.7 Å². The molecule has 7 nitrogen and oxygen atoms in total. The van der Waals surface area contributed by atoms with E-state index in [9.17, 15) is 13.2 Å². The number of ether oxygens (including phenoxy) is 1. The highest BCUT2D eigenvalue weighted by Crippen LogP contribution is 2.35. The maximum atomic E-state index is 13.0. The van der Waals surface area contributed by atoms with Crippen molar-refractivity contribution in [2.24, 2.45) is 5.92 Å². The molecule has 164 valence electrons. The molecule has 8 heteroatoms. The predicted molar refractivity (Wildman–Crippen MR) is 117 cm³/mol. The van der Waals surface area contributed by atoms with Gasteiger partial charge in [-0.25, -0.2) is 12.7 Å². The fourth-order valence-corrected chi connectivity index (χ4v) is 5.95. The van der Waals surface area contributed by atoms with Crippen LogP contribution in [-0.4, -0.2) is 67.6 Å². The van der Waals surface area contributed by atoms with E-state index in [0.717, 1.165) is 37.2 Å². The molecule has 2 fully saturated rings. The van der Waals surface area contributed by atoms with Gasteiger partial charge in [0.05, 0.1) is 12.9 Å². The number of carbonyl (C=O) groups is 1. The zero-order chi connectivity index (χ0) is 21.3. The Morgan fingerprint density at radius 2 is 1.83 bits per heavy atom. The minimum atomic E-state index is -3.15. The molecule has 3 heterocycles. The lowest BCUT2D eigenvalue weighted by Crippen LogP contribution is -2.46. The molecule has 30 heavy (non-hydrogen) atoms. The minimum Gasteiger partial charge on any atom is -0.497 e. The number of hydrogen-bond donors (Lipinski definition) is 1. The molecule has 0 spiro atoms. The van der Waals surface area contributed by atoms with Gasteiger partial charge in [-0.1, -0.05) is 0 Å². The number of nitrogens with one attached hydrogen (secondary N) is 1. The first-order valence-electron chi connectivity index (χ1n) is 10.8. The average molecular weight is 434 g/mol. The summed E-state index contributed by atoms with van der Waals surface area (Å²) in [6.45, 7) is 4.10. The summed E-state index contributed by atoms with van der Waals surface area (Å²) in [5, 5.41) is 1.20. The molecular formula is C22H31N3O4S. The number of rotatable bonds is 5. The Morgan fingerprint density at radius 3 is 2.47 bits per heavy atom. The Hall–Kier alpha value is -2.06. The van der Waals surface area contributed by atoms with Gasteiger partial charge in [-0.3, -0.25) is 4.79 Å². The molecule has 0 atom stereocenters. The Labute approximate surface area is 178 Å². The molecule has 0 unspecified atom stereocenters. The molecule has 2 aromatic rings. The summed E-state index contributed by atoms with van der Waals surface area (Å²) in [6, 6.07) is 6.08. The van der Waals surface area contributed by atoms with Gasteiger partial charge in [0, 0.05) is 49.2 Å². The Balaban J connectivity index is 1.35. The third-order valence-corrected chi connectivity index (χ3v) is 8.61. The van der Waals surface area contributed by atoms with E-state index in [0.29, 0.717) is 31.8 Å². The summed E-state index contributed by atoms with van der Waals surface area (Å²) < 4.78 is 31.0. The Bertz CT molecular complexity index is 1000. The van der Waals surface area contributed by atoms with Crippen molar-refractivity contribution >= 4 is 26.8 Å². The van der Waals surface area contributed by atoms with Crippen molar-refractivity contribution < 1.29 is 17.9 Å². The van der Waals surface area contributed by atoms with Gasteiger partial charge in [0.1, 0.15) is 5.75 Å². The number of amides is 1. The number of aromatic amines is 1. The van der Waals surface area contributed by atoms with E-state index >= 15 is 0 Å². The van der Waals surface area contributed by atoms with Crippen LogP contribution >= 0.6 is 0 Å². The number of methoxy groups -OCH3 is 1. The number of likely N-dealkylation sites (tertiary alicyclic amines) is 1. The van der Waals surface area contributed by atoms with Crippen molar-refractivity contribution in [3.63, 3.8) is 0 Å². The lowest BCUT2D eigenvalue weighted by molar-refractivity contribution is -0.137. The SMILES string of the molecule is CCS(=O)(=O)N1CCC(C(=O)N2CCC(c3c[nH]c4ccc(OC)cc34)CC2)CC1. The lowest BCUT2D eigenvalue weighted by atomic mass is 9.88. The molecule has 0 saturated carbocycles. The van der Waals surface area contributed by atoms with Crippen molar-refractivity contribution in [3.05, 3.63) is 30.0 Å². The molecule has 4 rings (SSSR count). The molecule has 0 bridgehead atoms. The van der Waals surface area contributed by atoms with Crippen LogP contribution in [0, 0.1) is 5.92 Å². The maximum absolute atomic E-state index is 13.0. The smallest absolute Gasteiger partial charge is 0.225 e. The molecular weight excluding hydrogens is 402 g/mol. The van der Waals surface area contributed by atoms with E-state index in [2.05, 4.69) is 17.2 Å². The van der Waals surface area contributed by atoms with Gasteiger partial charge in [0.2, 0.25) is 15.9 Å². The summed E-state index contributed by atoms with van der Waals surface area (Å²) in [4.78, 5) is 18.3. The normalized spacial score (nSPS) is 20.0. The van der Waals surface area contributed by atoms with Crippen molar-refractivity contribution in [2.45, 2.75) is 38.5 Å². The van der Waals surface area contributed by atoms with Crippen molar-refractivity contribution in [1.82, 2.24) is 14.2 Å². The fourth-order valence-electron chi connectivity index (χ4n) is 4.82. The summed E-state index contributed by atoms with van der Waals surface area (Å²) in [7, 11) is -1.47. The van der Waals surface area contributed by atoms with Gasteiger partial charge < -0.3 is 14.6 Å². The number of fused-ring (bicyclic) bond motifs is 1. The summed E-state index contributed by atoms with van der Waals surface area (Å²) in [6.07, 6.45) is 5.23. The number of carbonyl (C=O) groups excluding carboxylic acids is 1. The van der Waals surface area contributed by atoms with E-state index in [-0.39, 0.29) is 17.6 Å². The zero-order valence-electron chi connectivity index (χ0n) is 17.8. The van der Waals surface area contributed by atoms with E-state index in [4.69, 9.17) is 4.74 Å².